The van der Waals surface area contributed by atoms with E-state index in [0.29, 0.717) is 37.2 Å². The zero-order chi connectivity index (χ0) is 14.8. The molecule has 0 radical (unpaired) electrons. The number of rotatable bonds is 3. The molecule has 2 heterocycles. The van der Waals surface area contributed by atoms with Gasteiger partial charge in [-0.15, -0.1) is 0 Å². The van der Waals surface area contributed by atoms with E-state index < -0.39 is 6.04 Å². The Kier molecular flexibility index (Phi) is 3.76. The van der Waals surface area contributed by atoms with E-state index in [-0.39, 0.29) is 5.91 Å². The van der Waals surface area contributed by atoms with Crippen LogP contribution in [0.1, 0.15) is 24.1 Å². The van der Waals surface area contributed by atoms with Crippen LogP contribution in [-0.2, 0) is 9.53 Å². The second-order valence-electron chi connectivity index (χ2n) is 5.50. The number of aromatic nitrogens is 1. The minimum Gasteiger partial charge on any atom is -0.377 e. The van der Waals surface area contributed by atoms with Gasteiger partial charge in [0.05, 0.1) is 18.8 Å². The summed E-state index contributed by atoms with van der Waals surface area (Å²) in [7, 11) is 0. The van der Waals surface area contributed by atoms with Gasteiger partial charge in [0.25, 0.3) is 0 Å². The van der Waals surface area contributed by atoms with Crippen molar-refractivity contribution in [3.05, 3.63) is 23.4 Å². The van der Waals surface area contributed by atoms with Crippen LogP contribution in [0.25, 0.3) is 0 Å². The van der Waals surface area contributed by atoms with Crippen molar-refractivity contribution in [1.82, 2.24) is 10.3 Å². The van der Waals surface area contributed by atoms with Crippen molar-refractivity contribution < 1.29 is 9.53 Å². The fourth-order valence-electron chi connectivity index (χ4n) is 2.45. The summed E-state index contributed by atoms with van der Waals surface area (Å²) in [6.07, 6.45) is 2.09. The maximum absolute atomic E-state index is 12.4. The number of nitrogens with one attached hydrogen (secondary N) is 1. The number of anilines is 1. The molecule has 0 bridgehead atoms. The third kappa shape index (κ3) is 2.98. The van der Waals surface area contributed by atoms with E-state index in [1.54, 1.807) is 6.07 Å². The summed E-state index contributed by atoms with van der Waals surface area (Å²) in [5, 5.41) is 12.3. The number of hydrogen-bond acceptors (Lipinski definition) is 5. The molecule has 1 aromatic heterocycles. The van der Waals surface area contributed by atoms with Crippen LogP contribution in [0.2, 0.25) is 0 Å². The number of carbonyl (C=O) groups excluding carboxylic acids is 1. The highest BCUT2D eigenvalue weighted by Gasteiger charge is 2.34. The minimum absolute atomic E-state index is 0.0376. The van der Waals surface area contributed by atoms with E-state index in [4.69, 9.17) is 4.74 Å². The topological polar surface area (TPSA) is 78.2 Å². The van der Waals surface area contributed by atoms with E-state index >= 15 is 0 Å². The van der Waals surface area contributed by atoms with Gasteiger partial charge < -0.3 is 15.0 Å². The molecule has 1 aliphatic carbocycles. The summed E-state index contributed by atoms with van der Waals surface area (Å²) in [6.45, 7) is 3.31. The highest BCUT2D eigenvalue weighted by Crippen LogP contribution is 2.24. The molecule has 1 N–H and O–H groups in total. The normalized spacial score (nSPS) is 21.7. The molecule has 1 aliphatic heterocycles. The quantitative estimate of drug-likeness (QED) is 0.887. The average Bonchev–Trinajstić information content (AvgIpc) is 3.31. The van der Waals surface area contributed by atoms with Crippen LogP contribution in [-0.4, -0.2) is 42.7 Å². The summed E-state index contributed by atoms with van der Waals surface area (Å²) in [5.41, 5.74) is 1.32. The number of nitriles is 1. The third-order valence-corrected chi connectivity index (χ3v) is 3.76. The Bertz CT molecular complexity index is 592. The Morgan fingerprint density at radius 1 is 1.52 bits per heavy atom. The number of amides is 1. The van der Waals surface area contributed by atoms with Gasteiger partial charge in [-0.2, -0.15) is 5.26 Å². The second kappa shape index (κ2) is 5.70. The van der Waals surface area contributed by atoms with Crippen molar-refractivity contribution in [3.8, 4) is 6.07 Å². The van der Waals surface area contributed by atoms with Crippen LogP contribution in [0.4, 0.5) is 5.82 Å². The Morgan fingerprint density at radius 3 is 3.05 bits per heavy atom. The molecular weight excluding hydrogens is 268 g/mol. The monoisotopic (exact) mass is 286 g/mol. The molecular formula is C15H18N4O2. The molecule has 1 unspecified atom stereocenters. The van der Waals surface area contributed by atoms with Gasteiger partial charge in [0.15, 0.2) is 0 Å². The lowest BCUT2D eigenvalue weighted by Gasteiger charge is -2.36. The van der Waals surface area contributed by atoms with Crippen molar-refractivity contribution in [2.45, 2.75) is 31.8 Å². The number of pyridine rings is 1. The zero-order valence-electron chi connectivity index (χ0n) is 12.0. The summed E-state index contributed by atoms with van der Waals surface area (Å²) < 4.78 is 5.45. The Labute approximate surface area is 123 Å². The maximum atomic E-state index is 12.4. The molecule has 1 aromatic rings. The molecule has 1 saturated carbocycles. The molecule has 0 aromatic carbocycles. The Balaban J connectivity index is 1.88. The fourth-order valence-corrected chi connectivity index (χ4v) is 2.45. The van der Waals surface area contributed by atoms with Crippen LogP contribution in [0.3, 0.4) is 0 Å². The Morgan fingerprint density at radius 2 is 2.33 bits per heavy atom. The first-order valence-corrected chi connectivity index (χ1v) is 7.21. The van der Waals surface area contributed by atoms with Gasteiger partial charge in [-0.1, -0.05) is 0 Å². The summed E-state index contributed by atoms with van der Waals surface area (Å²) in [6, 6.07) is 5.61. The number of carbonyl (C=O) groups is 1. The van der Waals surface area contributed by atoms with Crippen LogP contribution in [0.15, 0.2) is 12.1 Å². The average molecular weight is 286 g/mol. The summed E-state index contributed by atoms with van der Waals surface area (Å²) in [4.78, 5) is 18.7. The molecule has 2 aliphatic rings. The molecule has 110 valence electrons. The zero-order valence-corrected chi connectivity index (χ0v) is 12.0. The Hall–Kier alpha value is -2.13. The number of nitrogens with zero attached hydrogens (tertiary/aromatic N) is 3. The van der Waals surface area contributed by atoms with Gasteiger partial charge in [-0.3, -0.25) is 4.79 Å². The van der Waals surface area contributed by atoms with Crippen LogP contribution in [0.5, 0.6) is 0 Å². The predicted octanol–water partition coefficient (Wildman–Crippen LogP) is 0.745. The van der Waals surface area contributed by atoms with E-state index in [0.717, 1.165) is 18.5 Å². The molecule has 21 heavy (non-hydrogen) atoms. The first-order valence-electron chi connectivity index (χ1n) is 7.21. The van der Waals surface area contributed by atoms with E-state index in [1.807, 2.05) is 17.9 Å². The highest BCUT2D eigenvalue weighted by atomic mass is 16.5. The standard InChI is InChI=1S/C15H18N4O2/c1-10-2-3-11(8-16)14(17-10)19-6-7-21-9-13(19)15(20)18-12-4-5-12/h2-3,12-13H,4-7,9H2,1H3,(H,18,20). The molecule has 0 spiro atoms. The molecule has 1 saturated heterocycles. The molecule has 1 amide bonds. The summed E-state index contributed by atoms with van der Waals surface area (Å²) in [5.74, 6) is 0.543. The highest BCUT2D eigenvalue weighted by molar-refractivity contribution is 5.86. The van der Waals surface area contributed by atoms with Crippen molar-refractivity contribution in [2.75, 3.05) is 24.7 Å². The summed E-state index contributed by atoms with van der Waals surface area (Å²) >= 11 is 0. The van der Waals surface area contributed by atoms with Crippen LogP contribution in [0, 0.1) is 18.3 Å². The lowest BCUT2D eigenvalue weighted by molar-refractivity contribution is -0.124. The number of ether oxygens (including phenoxy) is 1. The smallest absolute Gasteiger partial charge is 0.245 e. The molecule has 6 heteroatoms. The molecule has 3 rings (SSSR count). The maximum Gasteiger partial charge on any atom is 0.245 e. The number of morpholine rings is 1. The predicted molar refractivity (Wildman–Crippen MR) is 76.8 cm³/mol. The number of aryl methyl sites for hydroxylation is 1. The first-order chi connectivity index (χ1) is 10.2. The van der Waals surface area contributed by atoms with Gasteiger partial charge >= 0.3 is 0 Å². The van der Waals surface area contributed by atoms with Gasteiger partial charge in [0.1, 0.15) is 17.9 Å². The van der Waals surface area contributed by atoms with Gasteiger partial charge in [-0.05, 0) is 31.9 Å². The second-order valence-corrected chi connectivity index (χ2v) is 5.50. The lowest BCUT2D eigenvalue weighted by Crippen LogP contribution is -2.55. The van der Waals surface area contributed by atoms with E-state index in [2.05, 4.69) is 16.4 Å². The fraction of sp³-hybridized carbons (Fsp3) is 0.533. The van der Waals surface area contributed by atoms with Gasteiger partial charge in [0, 0.05) is 18.3 Å². The largest absolute Gasteiger partial charge is 0.377 e. The van der Waals surface area contributed by atoms with Crippen molar-refractivity contribution in [2.24, 2.45) is 0 Å². The van der Waals surface area contributed by atoms with E-state index in [1.165, 1.54) is 0 Å². The first kappa shape index (κ1) is 13.8. The molecule has 2 fully saturated rings. The number of hydrogen-bond donors (Lipinski definition) is 1. The van der Waals surface area contributed by atoms with Gasteiger partial charge in [-0.25, -0.2) is 4.98 Å². The molecule has 6 nitrogen and oxygen atoms in total. The minimum atomic E-state index is -0.416. The molecule has 1 atom stereocenters. The SMILES string of the molecule is Cc1ccc(C#N)c(N2CCOCC2C(=O)NC2CC2)n1. The lowest BCUT2D eigenvalue weighted by atomic mass is 10.1. The van der Waals surface area contributed by atoms with Crippen LogP contribution < -0.4 is 10.2 Å². The van der Waals surface area contributed by atoms with Crippen molar-refractivity contribution in [1.29, 1.82) is 5.26 Å². The van der Waals surface area contributed by atoms with Gasteiger partial charge in [0.2, 0.25) is 5.91 Å². The third-order valence-electron chi connectivity index (χ3n) is 3.76. The van der Waals surface area contributed by atoms with E-state index in [9.17, 15) is 10.1 Å². The van der Waals surface area contributed by atoms with Crippen molar-refractivity contribution in [3.63, 3.8) is 0 Å². The van der Waals surface area contributed by atoms with Crippen LogP contribution >= 0.6 is 0 Å². The van der Waals surface area contributed by atoms with Crippen molar-refractivity contribution >= 4 is 11.7 Å².